The minimum atomic E-state index is -0.559. The molecular formula is C9H17NO4. The fraction of sp³-hybridized carbons (Fsp3) is 0.889. The number of rotatable bonds is 2. The van der Waals surface area contributed by atoms with Crippen LogP contribution >= 0.6 is 0 Å². The lowest BCUT2D eigenvalue weighted by atomic mass is 10.2. The van der Waals surface area contributed by atoms with Gasteiger partial charge in [0, 0.05) is 0 Å². The number of hydrogen-bond donors (Lipinski definition) is 1. The largest absolute Gasteiger partial charge is 0.453 e. The van der Waals surface area contributed by atoms with Gasteiger partial charge in [-0.2, -0.15) is 0 Å². The van der Waals surface area contributed by atoms with E-state index in [-0.39, 0.29) is 12.1 Å². The van der Waals surface area contributed by atoms with Crippen LogP contribution in [0.5, 0.6) is 0 Å². The standard InChI is InChI=1S/C9H17NO4/c1-6(10-8(11)12-4)7-5-13-9(2,3)14-7/h6-7H,5H2,1-4H3,(H,10,11). The number of hydrogen-bond acceptors (Lipinski definition) is 4. The van der Waals surface area contributed by atoms with E-state index in [4.69, 9.17) is 9.47 Å². The van der Waals surface area contributed by atoms with Gasteiger partial charge in [0.25, 0.3) is 0 Å². The van der Waals surface area contributed by atoms with E-state index >= 15 is 0 Å². The monoisotopic (exact) mass is 203 g/mol. The average Bonchev–Trinajstić information content (AvgIpc) is 2.46. The van der Waals surface area contributed by atoms with Crippen molar-refractivity contribution in [3.05, 3.63) is 0 Å². The van der Waals surface area contributed by atoms with Crippen molar-refractivity contribution in [3.8, 4) is 0 Å². The molecule has 1 saturated heterocycles. The quantitative estimate of drug-likeness (QED) is 0.724. The zero-order chi connectivity index (χ0) is 10.8. The summed E-state index contributed by atoms with van der Waals surface area (Å²) in [5, 5.41) is 2.64. The molecule has 5 heteroatoms. The first-order valence-corrected chi connectivity index (χ1v) is 4.61. The molecule has 1 rings (SSSR count). The number of methoxy groups -OCH3 is 1. The van der Waals surface area contributed by atoms with Crippen LogP contribution in [0.2, 0.25) is 0 Å². The van der Waals surface area contributed by atoms with Crippen molar-refractivity contribution in [1.29, 1.82) is 0 Å². The third-order valence-electron chi connectivity index (χ3n) is 2.12. The molecule has 0 aromatic carbocycles. The van der Waals surface area contributed by atoms with E-state index in [0.717, 1.165) is 0 Å². The van der Waals surface area contributed by atoms with Crippen LogP contribution in [0.3, 0.4) is 0 Å². The maximum Gasteiger partial charge on any atom is 0.407 e. The van der Waals surface area contributed by atoms with Crippen LogP contribution in [-0.2, 0) is 14.2 Å². The van der Waals surface area contributed by atoms with Crippen molar-refractivity contribution in [2.24, 2.45) is 0 Å². The molecule has 82 valence electrons. The summed E-state index contributed by atoms with van der Waals surface area (Å²) in [5.74, 6) is -0.559. The van der Waals surface area contributed by atoms with E-state index in [9.17, 15) is 4.79 Å². The highest BCUT2D eigenvalue weighted by Gasteiger charge is 2.36. The Balaban J connectivity index is 2.39. The van der Waals surface area contributed by atoms with Gasteiger partial charge < -0.3 is 19.5 Å². The maximum atomic E-state index is 10.9. The summed E-state index contributed by atoms with van der Waals surface area (Å²) in [6, 6.07) is -0.121. The Hall–Kier alpha value is -0.810. The number of nitrogens with one attached hydrogen (secondary N) is 1. The lowest BCUT2D eigenvalue weighted by Gasteiger charge is -2.21. The van der Waals surface area contributed by atoms with Gasteiger partial charge in [0.05, 0.1) is 19.8 Å². The Bertz CT molecular complexity index is 217. The molecule has 14 heavy (non-hydrogen) atoms. The van der Waals surface area contributed by atoms with Gasteiger partial charge in [-0.25, -0.2) is 4.79 Å². The van der Waals surface area contributed by atoms with Crippen LogP contribution < -0.4 is 5.32 Å². The van der Waals surface area contributed by atoms with Gasteiger partial charge >= 0.3 is 6.09 Å². The lowest BCUT2D eigenvalue weighted by Crippen LogP contribution is -2.42. The first-order chi connectivity index (χ1) is 6.44. The fourth-order valence-electron chi connectivity index (χ4n) is 1.30. The second-order valence-electron chi connectivity index (χ2n) is 3.79. The van der Waals surface area contributed by atoms with E-state index in [1.165, 1.54) is 7.11 Å². The second kappa shape index (κ2) is 4.14. The summed E-state index contributed by atoms with van der Waals surface area (Å²) in [6.07, 6.45) is -0.574. The van der Waals surface area contributed by atoms with E-state index in [1.54, 1.807) is 0 Å². The Labute approximate surface area is 83.7 Å². The molecule has 0 aromatic heterocycles. The molecule has 1 fully saturated rings. The van der Waals surface area contributed by atoms with Gasteiger partial charge in [-0.1, -0.05) is 0 Å². The Morgan fingerprint density at radius 1 is 1.64 bits per heavy atom. The number of alkyl carbamates (subject to hydrolysis) is 1. The fourth-order valence-corrected chi connectivity index (χ4v) is 1.30. The Kier molecular flexibility index (Phi) is 3.34. The SMILES string of the molecule is COC(=O)NC(C)C1COC(C)(C)O1. The van der Waals surface area contributed by atoms with Gasteiger partial charge in [0.15, 0.2) is 5.79 Å². The van der Waals surface area contributed by atoms with Crippen molar-refractivity contribution >= 4 is 6.09 Å². The Morgan fingerprint density at radius 2 is 2.29 bits per heavy atom. The molecular weight excluding hydrogens is 186 g/mol. The Morgan fingerprint density at radius 3 is 2.71 bits per heavy atom. The molecule has 1 aliphatic rings. The van der Waals surface area contributed by atoms with Crippen molar-refractivity contribution in [2.45, 2.75) is 38.7 Å². The van der Waals surface area contributed by atoms with Gasteiger partial charge in [0.1, 0.15) is 6.10 Å². The third kappa shape index (κ3) is 2.85. The second-order valence-corrected chi connectivity index (χ2v) is 3.79. The minimum absolute atomic E-state index is 0.121. The van der Waals surface area contributed by atoms with E-state index < -0.39 is 11.9 Å². The van der Waals surface area contributed by atoms with Crippen LogP contribution in [0.25, 0.3) is 0 Å². The number of amides is 1. The molecule has 1 N–H and O–H groups in total. The first-order valence-electron chi connectivity index (χ1n) is 4.61. The van der Waals surface area contributed by atoms with Crippen molar-refractivity contribution in [3.63, 3.8) is 0 Å². The molecule has 2 atom stereocenters. The van der Waals surface area contributed by atoms with Crippen LogP contribution in [0.4, 0.5) is 4.79 Å². The lowest BCUT2D eigenvalue weighted by molar-refractivity contribution is -0.140. The van der Waals surface area contributed by atoms with Gasteiger partial charge in [0.2, 0.25) is 0 Å². The predicted octanol–water partition coefficient (Wildman–Crippen LogP) is 0.882. The highest BCUT2D eigenvalue weighted by molar-refractivity contribution is 5.67. The zero-order valence-corrected chi connectivity index (χ0v) is 8.99. The topological polar surface area (TPSA) is 56.8 Å². The smallest absolute Gasteiger partial charge is 0.407 e. The zero-order valence-electron chi connectivity index (χ0n) is 8.99. The molecule has 0 spiro atoms. The first kappa shape index (κ1) is 11.3. The highest BCUT2D eigenvalue weighted by atomic mass is 16.7. The van der Waals surface area contributed by atoms with Gasteiger partial charge in [-0.05, 0) is 20.8 Å². The molecule has 5 nitrogen and oxygen atoms in total. The number of ether oxygens (including phenoxy) is 3. The molecule has 0 aromatic rings. The van der Waals surface area contributed by atoms with E-state index in [0.29, 0.717) is 6.61 Å². The van der Waals surface area contributed by atoms with E-state index in [1.807, 2.05) is 20.8 Å². The summed E-state index contributed by atoms with van der Waals surface area (Å²) in [6.45, 7) is 6.03. The predicted molar refractivity (Wildman–Crippen MR) is 49.9 cm³/mol. The molecule has 2 unspecified atom stereocenters. The molecule has 1 aliphatic heterocycles. The van der Waals surface area contributed by atoms with E-state index in [2.05, 4.69) is 10.1 Å². The summed E-state index contributed by atoms with van der Waals surface area (Å²) in [7, 11) is 1.33. The van der Waals surface area contributed by atoms with Gasteiger partial charge in [-0.3, -0.25) is 0 Å². The maximum absolute atomic E-state index is 10.9. The van der Waals surface area contributed by atoms with Crippen LogP contribution in [0, 0.1) is 0 Å². The van der Waals surface area contributed by atoms with Crippen LogP contribution in [0.1, 0.15) is 20.8 Å². The van der Waals surface area contributed by atoms with Crippen LogP contribution in [0.15, 0.2) is 0 Å². The highest BCUT2D eigenvalue weighted by Crippen LogP contribution is 2.23. The minimum Gasteiger partial charge on any atom is -0.453 e. The van der Waals surface area contributed by atoms with Crippen molar-refractivity contribution in [2.75, 3.05) is 13.7 Å². The number of carbonyl (C=O) groups excluding carboxylic acids is 1. The summed E-state index contributed by atoms with van der Waals surface area (Å²) in [5.41, 5.74) is 0. The average molecular weight is 203 g/mol. The molecule has 1 amide bonds. The molecule has 1 heterocycles. The third-order valence-corrected chi connectivity index (χ3v) is 2.12. The summed E-state index contributed by atoms with van der Waals surface area (Å²) < 4.78 is 15.4. The van der Waals surface area contributed by atoms with Gasteiger partial charge in [-0.15, -0.1) is 0 Å². The normalized spacial score (nSPS) is 27.0. The van der Waals surface area contributed by atoms with Crippen LogP contribution in [-0.4, -0.2) is 37.7 Å². The van der Waals surface area contributed by atoms with Crippen molar-refractivity contribution in [1.82, 2.24) is 5.32 Å². The molecule has 0 radical (unpaired) electrons. The summed E-state index contributed by atoms with van der Waals surface area (Å²) >= 11 is 0. The summed E-state index contributed by atoms with van der Waals surface area (Å²) in [4.78, 5) is 10.9. The molecule has 0 saturated carbocycles. The molecule has 0 bridgehead atoms. The number of carbonyl (C=O) groups is 1. The molecule has 0 aliphatic carbocycles. The van der Waals surface area contributed by atoms with Crippen molar-refractivity contribution < 1.29 is 19.0 Å².